The molecule has 0 spiro atoms. The maximum atomic E-state index is 13.1. The van der Waals surface area contributed by atoms with Crippen LogP contribution in [0.25, 0.3) is 6.08 Å². The summed E-state index contributed by atoms with van der Waals surface area (Å²) >= 11 is 1.70. The first-order chi connectivity index (χ1) is 15.0. The molecule has 0 saturated heterocycles. The molecule has 0 atom stereocenters. The molecule has 0 radical (unpaired) electrons. The third-order valence-electron chi connectivity index (χ3n) is 5.35. The van der Waals surface area contributed by atoms with E-state index in [0.29, 0.717) is 30.2 Å². The fourth-order valence-corrected chi connectivity index (χ4v) is 4.59. The highest BCUT2D eigenvalue weighted by molar-refractivity contribution is 7.09. The van der Waals surface area contributed by atoms with E-state index in [-0.39, 0.29) is 17.2 Å². The number of carbonyl (C=O) groups excluding carboxylic acids is 1. The fourth-order valence-electron chi connectivity index (χ4n) is 3.84. The molecule has 31 heavy (non-hydrogen) atoms. The second kappa shape index (κ2) is 7.64. The van der Waals surface area contributed by atoms with Gasteiger partial charge >= 0.3 is 0 Å². The molecule has 0 unspecified atom stereocenters. The van der Waals surface area contributed by atoms with Crippen molar-refractivity contribution in [2.45, 2.75) is 20.0 Å². The third-order valence-corrected chi connectivity index (χ3v) is 6.21. The number of fused-ring (bicyclic) bond motifs is 3. The summed E-state index contributed by atoms with van der Waals surface area (Å²) in [5, 5.41) is 12.9. The molecule has 1 aromatic heterocycles. The molecule has 7 nitrogen and oxygen atoms in total. The number of rotatable bonds is 4. The van der Waals surface area contributed by atoms with E-state index < -0.39 is 4.92 Å². The van der Waals surface area contributed by atoms with Gasteiger partial charge in [0.15, 0.2) is 5.76 Å². The Labute approximate surface area is 182 Å². The van der Waals surface area contributed by atoms with Gasteiger partial charge in [-0.05, 0) is 53.8 Å². The Balaban J connectivity index is 1.45. The normalized spacial score (nSPS) is 16.5. The lowest BCUT2D eigenvalue weighted by Gasteiger charge is -2.29. The van der Waals surface area contributed by atoms with E-state index in [2.05, 4.69) is 11.0 Å². The van der Waals surface area contributed by atoms with Crippen molar-refractivity contribution in [2.75, 3.05) is 6.73 Å². The van der Waals surface area contributed by atoms with Crippen LogP contribution in [0.3, 0.4) is 0 Å². The van der Waals surface area contributed by atoms with E-state index in [1.165, 1.54) is 17.0 Å². The number of aryl methyl sites for hydroxylation is 1. The highest BCUT2D eigenvalue weighted by Crippen LogP contribution is 2.44. The minimum absolute atomic E-state index is 0.00278. The molecule has 2 aliphatic heterocycles. The van der Waals surface area contributed by atoms with E-state index >= 15 is 0 Å². The molecule has 0 saturated carbocycles. The van der Waals surface area contributed by atoms with Crippen LogP contribution in [0.2, 0.25) is 0 Å². The highest BCUT2D eigenvalue weighted by atomic mass is 32.1. The van der Waals surface area contributed by atoms with Crippen molar-refractivity contribution in [3.05, 3.63) is 90.8 Å². The van der Waals surface area contributed by atoms with Crippen molar-refractivity contribution in [1.82, 2.24) is 4.90 Å². The van der Waals surface area contributed by atoms with E-state index in [4.69, 9.17) is 9.47 Å². The Morgan fingerprint density at radius 2 is 2.06 bits per heavy atom. The first-order valence-electron chi connectivity index (χ1n) is 9.72. The molecule has 5 rings (SSSR count). The fraction of sp³-hybridized carbons (Fsp3) is 0.174. The standard InChI is InChI=1S/C23H18N2O5S/c1-14-9-19-18(12-24(13-29-19)11-17-3-2-8-31-17)23-21(14)22(26)20(30-23)10-15-4-6-16(7-5-15)25(27)28/h2-10H,11-13H2,1H3/b20-10-. The lowest BCUT2D eigenvalue weighted by atomic mass is 9.98. The number of ether oxygens (including phenoxy) is 2. The van der Waals surface area contributed by atoms with Crippen molar-refractivity contribution in [1.29, 1.82) is 0 Å². The molecule has 156 valence electrons. The van der Waals surface area contributed by atoms with Gasteiger partial charge in [0, 0.05) is 30.1 Å². The van der Waals surface area contributed by atoms with Gasteiger partial charge in [0.05, 0.1) is 16.1 Å². The Hall–Kier alpha value is -3.49. The number of non-ortho nitro benzene ring substituents is 1. The van der Waals surface area contributed by atoms with Crippen LogP contribution in [-0.4, -0.2) is 22.3 Å². The van der Waals surface area contributed by atoms with Gasteiger partial charge in [0.1, 0.15) is 18.2 Å². The zero-order valence-electron chi connectivity index (χ0n) is 16.7. The molecule has 2 aliphatic rings. The van der Waals surface area contributed by atoms with E-state index in [9.17, 15) is 14.9 Å². The lowest BCUT2D eigenvalue weighted by molar-refractivity contribution is -0.384. The predicted octanol–water partition coefficient (Wildman–Crippen LogP) is 4.93. The van der Waals surface area contributed by atoms with Gasteiger partial charge in [-0.3, -0.25) is 19.8 Å². The predicted molar refractivity (Wildman–Crippen MR) is 116 cm³/mol. The van der Waals surface area contributed by atoms with Crippen LogP contribution in [0.15, 0.2) is 53.6 Å². The number of Topliss-reactive ketones (excluding diaryl/α,β-unsaturated/α-hetero) is 1. The largest absolute Gasteiger partial charge is 0.478 e. The third kappa shape index (κ3) is 3.60. The van der Waals surface area contributed by atoms with Crippen LogP contribution in [0, 0.1) is 17.0 Å². The molecule has 8 heteroatoms. The topological polar surface area (TPSA) is 81.9 Å². The van der Waals surface area contributed by atoms with Gasteiger partial charge in [0.25, 0.3) is 5.69 Å². The van der Waals surface area contributed by atoms with E-state index in [0.717, 1.165) is 23.4 Å². The Morgan fingerprint density at radius 3 is 2.77 bits per heavy atom. The molecule has 0 N–H and O–H groups in total. The summed E-state index contributed by atoms with van der Waals surface area (Å²) in [6.07, 6.45) is 1.62. The van der Waals surface area contributed by atoms with Crippen molar-refractivity contribution in [2.24, 2.45) is 0 Å². The van der Waals surface area contributed by atoms with Gasteiger partial charge in [-0.2, -0.15) is 0 Å². The first kappa shape index (κ1) is 19.5. The Bertz CT molecular complexity index is 1220. The average Bonchev–Trinajstić information content (AvgIpc) is 3.38. The van der Waals surface area contributed by atoms with Gasteiger partial charge in [0.2, 0.25) is 5.78 Å². The average molecular weight is 434 g/mol. The van der Waals surface area contributed by atoms with Gasteiger partial charge in [-0.25, -0.2) is 0 Å². The van der Waals surface area contributed by atoms with Crippen molar-refractivity contribution >= 4 is 28.9 Å². The molecular formula is C23H18N2O5S. The van der Waals surface area contributed by atoms with Crippen LogP contribution < -0.4 is 9.47 Å². The van der Waals surface area contributed by atoms with Gasteiger partial charge < -0.3 is 9.47 Å². The second-order valence-corrected chi connectivity index (χ2v) is 8.53. The number of nitro groups is 1. The molecule has 3 heterocycles. The monoisotopic (exact) mass is 434 g/mol. The van der Waals surface area contributed by atoms with Crippen LogP contribution in [0.5, 0.6) is 11.5 Å². The summed E-state index contributed by atoms with van der Waals surface area (Å²) in [5.41, 5.74) is 2.87. The summed E-state index contributed by atoms with van der Waals surface area (Å²) in [5.74, 6) is 1.30. The molecule has 0 aliphatic carbocycles. The van der Waals surface area contributed by atoms with Crippen LogP contribution in [0.1, 0.15) is 31.9 Å². The van der Waals surface area contributed by atoms with Crippen LogP contribution >= 0.6 is 11.3 Å². The molecule has 3 aromatic rings. The number of nitrogens with zero attached hydrogens (tertiary/aromatic N) is 2. The van der Waals surface area contributed by atoms with E-state index in [1.54, 1.807) is 29.5 Å². The zero-order chi connectivity index (χ0) is 21.5. The number of ketones is 1. The number of allylic oxidation sites excluding steroid dienone is 1. The molecule has 2 aromatic carbocycles. The number of nitro benzene ring substituents is 1. The summed E-state index contributed by atoms with van der Waals surface area (Å²) in [7, 11) is 0. The second-order valence-electron chi connectivity index (χ2n) is 7.50. The van der Waals surface area contributed by atoms with Crippen molar-refractivity contribution < 1.29 is 19.2 Å². The Morgan fingerprint density at radius 1 is 1.26 bits per heavy atom. The smallest absolute Gasteiger partial charge is 0.269 e. The minimum Gasteiger partial charge on any atom is -0.478 e. The maximum Gasteiger partial charge on any atom is 0.269 e. The number of benzene rings is 2. The number of carbonyl (C=O) groups is 1. The summed E-state index contributed by atoms with van der Waals surface area (Å²) in [6.45, 7) is 3.73. The number of thiophene rings is 1. The number of hydrogen-bond donors (Lipinski definition) is 0. The zero-order valence-corrected chi connectivity index (χ0v) is 17.5. The lowest BCUT2D eigenvalue weighted by Crippen LogP contribution is -2.31. The Kier molecular flexibility index (Phi) is 4.80. The summed E-state index contributed by atoms with van der Waals surface area (Å²) in [6, 6.07) is 12.0. The summed E-state index contributed by atoms with van der Waals surface area (Å²) in [4.78, 5) is 26.9. The molecule has 0 fully saturated rings. The number of hydrogen-bond acceptors (Lipinski definition) is 7. The first-order valence-corrected chi connectivity index (χ1v) is 10.6. The summed E-state index contributed by atoms with van der Waals surface area (Å²) < 4.78 is 12.0. The van der Waals surface area contributed by atoms with Crippen LogP contribution in [0.4, 0.5) is 5.69 Å². The van der Waals surface area contributed by atoms with E-state index in [1.807, 2.05) is 24.4 Å². The SMILES string of the molecule is Cc1cc2c(c3c1C(=O)/C(=C/c1ccc([N+](=O)[O-])cc1)O3)CN(Cc1cccs1)CO2. The van der Waals surface area contributed by atoms with Crippen LogP contribution in [-0.2, 0) is 13.1 Å². The molecule has 0 amide bonds. The van der Waals surface area contributed by atoms with Gasteiger partial charge in [-0.1, -0.05) is 6.07 Å². The van der Waals surface area contributed by atoms with Crippen molar-refractivity contribution in [3.8, 4) is 11.5 Å². The maximum absolute atomic E-state index is 13.1. The highest BCUT2D eigenvalue weighted by Gasteiger charge is 2.35. The van der Waals surface area contributed by atoms with Crippen molar-refractivity contribution in [3.63, 3.8) is 0 Å². The minimum atomic E-state index is -0.457. The quantitative estimate of drug-likeness (QED) is 0.329. The van der Waals surface area contributed by atoms with Gasteiger partial charge in [-0.15, -0.1) is 11.3 Å². The molecule has 0 bridgehead atoms. The molecular weight excluding hydrogens is 416 g/mol.